The SMILES string of the molecule is COc1ccc(N(CC(=O)N(Cc2c(Cl)cccc2Cl)[C@H](C)C(=O)NC2CCCCC2)S(C)(=O)=O)cc1Cl. The van der Waals surface area contributed by atoms with Crippen LogP contribution >= 0.6 is 34.8 Å². The van der Waals surface area contributed by atoms with Crippen LogP contribution in [0.2, 0.25) is 15.1 Å². The Bertz CT molecular complexity index is 1250. The predicted molar refractivity (Wildman–Crippen MR) is 152 cm³/mol. The number of benzene rings is 2. The van der Waals surface area contributed by atoms with Crippen molar-refractivity contribution in [2.45, 2.75) is 57.7 Å². The van der Waals surface area contributed by atoms with Gasteiger partial charge in [0.2, 0.25) is 21.8 Å². The molecule has 8 nitrogen and oxygen atoms in total. The Kier molecular flexibility index (Phi) is 10.6. The topological polar surface area (TPSA) is 96.0 Å². The molecular formula is C26H32Cl3N3O5S. The highest BCUT2D eigenvalue weighted by molar-refractivity contribution is 7.92. The van der Waals surface area contributed by atoms with E-state index >= 15 is 0 Å². The van der Waals surface area contributed by atoms with Crippen LogP contribution in [0, 0.1) is 0 Å². The molecule has 1 saturated carbocycles. The molecule has 2 aromatic carbocycles. The lowest BCUT2D eigenvalue weighted by Crippen LogP contribution is -2.53. The average molecular weight is 605 g/mol. The Labute approximate surface area is 239 Å². The fourth-order valence-corrected chi connectivity index (χ4v) is 6.04. The fraction of sp³-hybridized carbons (Fsp3) is 0.462. The summed E-state index contributed by atoms with van der Waals surface area (Å²) in [7, 11) is -2.47. The summed E-state index contributed by atoms with van der Waals surface area (Å²) in [5.74, 6) is -0.574. The smallest absolute Gasteiger partial charge is 0.244 e. The van der Waals surface area contributed by atoms with Gasteiger partial charge in [0, 0.05) is 28.2 Å². The van der Waals surface area contributed by atoms with Crippen molar-refractivity contribution in [1.29, 1.82) is 0 Å². The van der Waals surface area contributed by atoms with Gasteiger partial charge in [-0.05, 0) is 50.1 Å². The number of methoxy groups -OCH3 is 1. The van der Waals surface area contributed by atoms with Crippen molar-refractivity contribution in [2.75, 3.05) is 24.2 Å². The first-order valence-electron chi connectivity index (χ1n) is 12.3. The highest BCUT2D eigenvalue weighted by Crippen LogP contribution is 2.31. The number of halogens is 3. The van der Waals surface area contributed by atoms with Crippen molar-refractivity contribution in [3.63, 3.8) is 0 Å². The number of amides is 2. The third-order valence-electron chi connectivity index (χ3n) is 6.61. The summed E-state index contributed by atoms with van der Waals surface area (Å²) in [4.78, 5) is 28.3. The standard InChI is InChI=1S/C26H32Cl3N3O5S/c1-17(26(34)30-18-8-5-4-6-9-18)31(15-20-21(27)10-7-11-22(20)28)25(33)16-32(38(3,35)36)19-12-13-24(37-2)23(29)14-19/h7,10-14,17-18H,4-6,8-9,15-16H2,1-3H3,(H,30,34)/t17-/m1/s1. The number of nitrogens with zero attached hydrogens (tertiary/aromatic N) is 2. The Morgan fingerprint density at radius 3 is 2.24 bits per heavy atom. The molecule has 0 heterocycles. The van der Waals surface area contributed by atoms with E-state index in [2.05, 4.69) is 5.32 Å². The van der Waals surface area contributed by atoms with Gasteiger partial charge in [-0.15, -0.1) is 0 Å². The van der Waals surface area contributed by atoms with Crippen LogP contribution in [0.4, 0.5) is 5.69 Å². The van der Waals surface area contributed by atoms with Crippen molar-refractivity contribution in [3.8, 4) is 5.75 Å². The zero-order valence-corrected chi connectivity index (χ0v) is 24.6. The van der Waals surface area contributed by atoms with Crippen LogP contribution in [0.1, 0.15) is 44.6 Å². The van der Waals surface area contributed by atoms with Crippen LogP contribution in [-0.2, 0) is 26.2 Å². The molecule has 0 radical (unpaired) electrons. The van der Waals surface area contributed by atoms with Gasteiger partial charge in [0.05, 0.1) is 24.1 Å². The monoisotopic (exact) mass is 603 g/mol. The van der Waals surface area contributed by atoms with Crippen molar-refractivity contribution in [3.05, 3.63) is 57.0 Å². The molecule has 1 fully saturated rings. The summed E-state index contributed by atoms with van der Waals surface area (Å²) < 4.78 is 31.6. The van der Waals surface area contributed by atoms with Crippen molar-refractivity contribution < 1.29 is 22.7 Å². The summed E-state index contributed by atoms with van der Waals surface area (Å²) in [6.07, 6.45) is 5.95. The molecule has 0 bridgehead atoms. The number of rotatable bonds is 10. The van der Waals surface area contributed by atoms with Gasteiger partial charge in [0.1, 0.15) is 18.3 Å². The minimum atomic E-state index is -3.91. The molecule has 2 aromatic rings. The normalized spacial score (nSPS) is 15.0. The van der Waals surface area contributed by atoms with Crippen molar-refractivity contribution in [2.24, 2.45) is 0 Å². The van der Waals surface area contributed by atoms with Gasteiger partial charge in [0.15, 0.2) is 0 Å². The molecule has 0 spiro atoms. The van der Waals surface area contributed by atoms with Gasteiger partial charge in [-0.25, -0.2) is 8.42 Å². The number of sulfonamides is 1. The van der Waals surface area contributed by atoms with E-state index in [4.69, 9.17) is 39.5 Å². The van der Waals surface area contributed by atoms with Gasteiger partial charge in [-0.1, -0.05) is 60.1 Å². The van der Waals surface area contributed by atoms with E-state index in [0.29, 0.717) is 21.4 Å². The van der Waals surface area contributed by atoms with E-state index in [9.17, 15) is 18.0 Å². The van der Waals surface area contributed by atoms with Crippen molar-refractivity contribution in [1.82, 2.24) is 10.2 Å². The molecule has 38 heavy (non-hydrogen) atoms. The molecule has 0 saturated heterocycles. The molecule has 2 amide bonds. The lowest BCUT2D eigenvalue weighted by atomic mass is 9.95. The van der Waals surface area contributed by atoms with Crippen LogP contribution in [-0.4, -0.2) is 57.1 Å². The quantitative estimate of drug-likeness (QED) is 0.398. The largest absolute Gasteiger partial charge is 0.495 e. The second-order valence-corrected chi connectivity index (χ2v) is 12.5. The number of nitrogens with one attached hydrogen (secondary N) is 1. The third kappa shape index (κ3) is 7.68. The van der Waals surface area contributed by atoms with Gasteiger partial charge in [0.25, 0.3) is 0 Å². The Hall–Kier alpha value is -2.20. The molecule has 0 unspecified atom stereocenters. The van der Waals surface area contributed by atoms with E-state index < -0.39 is 28.5 Å². The van der Waals surface area contributed by atoms with Crippen LogP contribution in [0.25, 0.3) is 0 Å². The number of carbonyl (C=O) groups is 2. The molecule has 208 valence electrons. The zero-order valence-electron chi connectivity index (χ0n) is 21.5. The number of ether oxygens (including phenoxy) is 1. The van der Waals surface area contributed by atoms with E-state index in [1.165, 1.54) is 30.2 Å². The highest BCUT2D eigenvalue weighted by atomic mass is 35.5. The maximum absolute atomic E-state index is 13.7. The summed E-state index contributed by atoms with van der Waals surface area (Å²) in [6, 6.07) is 8.49. The number of hydrogen-bond acceptors (Lipinski definition) is 5. The van der Waals surface area contributed by atoms with Crippen LogP contribution < -0.4 is 14.4 Å². The maximum Gasteiger partial charge on any atom is 0.244 e. The molecule has 1 aliphatic rings. The molecule has 1 aliphatic carbocycles. The minimum Gasteiger partial charge on any atom is -0.495 e. The number of carbonyl (C=O) groups excluding carboxylic acids is 2. The maximum atomic E-state index is 13.7. The molecule has 0 aromatic heterocycles. The Balaban J connectivity index is 1.93. The second-order valence-electron chi connectivity index (χ2n) is 9.33. The highest BCUT2D eigenvalue weighted by Gasteiger charge is 2.32. The fourth-order valence-electron chi connectivity index (χ4n) is 4.43. The van der Waals surface area contributed by atoms with Gasteiger partial charge in [-0.3, -0.25) is 13.9 Å². The minimum absolute atomic E-state index is 0.0357. The average Bonchev–Trinajstić information content (AvgIpc) is 2.86. The predicted octanol–water partition coefficient (Wildman–Crippen LogP) is 5.29. The van der Waals surface area contributed by atoms with Crippen molar-refractivity contribution >= 4 is 62.3 Å². The van der Waals surface area contributed by atoms with Crippen LogP contribution in [0.5, 0.6) is 5.75 Å². The first-order chi connectivity index (χ1) is 17.9. The molecule has 3 rings (SSSR count). The summed E-state index contributed by atoms with van der Waals surface area (Å²) in [6.45, 7) is 0.956. The van der Waals surface area contributed by atoms with E-state index in [1.807, 2.05) is 0 Å². The van der Waals surface area contributed by atoms with Gasteiger partial charge >= 0.3 is 0 Å². The van der Waals surface area contributed by atoms with E-state index in [0.717, 1.165) is 42.7 Å². The Morgan fingerprint density at radius 1 is 1.05 bits per heavy atom. The first kappa shape index (κ1) is 30.3. The second kappa shape index (κ2) is 13.2. The zero-order chi connectivity index (χ0) is 28.0. The molecule has 12 heteroatoms. The first-order valence-corrected chi connectivity index (χ1v) is 15.2. The van der Waals surface area contributed by atoms with E-state index in [-0.39, 0.29) is 29.2 Å². The van der Waals surface area contributed by atoms with Crippen LogP contribution in [0.15, 0.2) is 36.4 Å². The molecular weight excluding hydrogens is 573 g/mol. The van der Waals surface area contributed by atoms with E-state index in [1.54, 1.807) is 25.1 Å². The Morgan fingerprint density at radius 2 is 1.68 bits per heavy atom. The summed E-state index contributed by atoms with van der Waals surface area (Å²) >= 11 is 19.0. The lowest BCUT2D eigenvalue weighted by molar-refractivity contribution is -0.139. The molecule has 0 aliphatic heterocycles. The lowest BCUT2D eigenvalue weighted by Gasteiger charge is -2.33. The molecule has 1 atom stereocenters. The number of hydrogen-bond donors (Lipinski definition) is 1. The van der Waals surface area contributed by atoms with Gasteiger partial charge in [-0.2, -0.15) is 0 Å². The summed E-state index contributed by atoms with van der Waals surface area (Å²) in [5.41, 5.74) is 0.640. The molecule has 1 N–H and O–H groups in total. The number of anilines is 1. The third-order valence-corrected chi connectivity index (χ3v) is 8.76. The van der Waals surface area contributed by atoms with Crippen LogP contribution in [0.3, 0.4) is 0 Å². The summed E-state index contributed by atoms with van der Waals surface area (Å²) in [5, 5.41) is 3.89. The van der Waals surface area contributed by atoms with Gasteiger partial charge < -0.3 is 15.0 Å².